The molecule has 3 aromatic rings. The van der Waals surface area contributed by atoms with E-state index in [1.165, 1.54) is 0 Å². The molecule has 0 radical (unpaired) electrons. The van der Waals surface area contributed by atoms with Crippen LogP contribution in [0.5, 0.6) is 0 Å². The van der Waals surface area contributed by atoms with Gasteiger partial charge in [-0.1, -0.05) is 60.7 Å². The van der Waals surface area contributed by atoms with Crippen molar-refractivity contribution < 1.29 is 14.8 Å². The smallest absolute Gasteiger partial charge is 0.307 e. The largest absolute Gasteiger partial charge is 0.309 e. The predicted octanol–water partition coefficient (Wildman–Crippen LogP) is 4.12. The Morgan fingerprint density at radius 1 is 0.667 bits per heavy atom. The van der Waals surface area contributed by atoms with Gasteiger partial charge in [-0.15, -0.1) is 0 Å². The fraction of sp³-hybridized carbons (Fsp3) is 0.0526. The van der Waals surface area contributed by atoms with Gasteiger partial charge in [-0.25, -0.2) is 5.43 Å². The van der Waals surface area contributed by atoms with Gasteiger partial charge in [0.05, 0.1) is 32.9 Å². The summed E-state index contributed by atoms with van der Waals surface area (Å²) in [7, 11) is 0. The maximum Gasteiger partial charge on any atom is 0.307 e. The van der Waals surface area contributed by atoms with Crippen molar-refractivity contribution in [3.63, 3.8) is 0 Å². The standard InChI is InChI=1S/C19H15N5O6/c25-22(26)15-11-16(23(27)28)19(17(12-15)24(29)30)21-20-18(13-7-3-1-4-8-13)14-9-5-2-6-10-14/h1-12,18,20-21H. The van der Waals surface area contributed by atoms with Crippen LogP contribution >= 0.6 is 0 Å². The van der Waals surface area contributed by atoms with Crippen LogP contribution in [0.2, 0.25) is 0 Å². The van der Waals surface area contributed by atoms with Crippen molar-refractivity contribution in [3.8, 4) is 0 Å². The third-order valence-electron chi connectivity index (χ3n) is 4.29. The molecule has 11 nitrogen and oxygen atoms in total. The summed E-state index contributed by atoms with van der Waals surface area (Å²) in [5.41, 5.74) is 4.22. The molecule has 0 atom stereocenters. The van der Waals surface area contributed by atoms with E-state index in [4.69, 9.17) is 0 Å². The highest BCUT2D eigenvalue weighted by atomic mass is 16.6. The van der Waals surface area contributed by atoms with Crippen LogP contribution in [0.25, 0.3) is 0 Å². The molecule has 0 saturated heterocycles. The molecule has 3 aromatic carbocycles. The number of anilines is 1. The molecule has 11 heteroatoms. The average Bonchev–Trinajstić information content (AvgIpc) is 2.74. The Morgan fingerprint density at radius 2 is 1.10 bits per heavy atom. The minimum absolute atomic E-state index is 0.479. The summed E-state index contributed by atoms with van der Waals surface area (Å²) in [6.07, 6.45) is 0. The van der Waals surface area contributed by atoms with Crippen molar-refractivity contribution in [2.24, 2.45) is 0 Å². The van der Waals surface area contributed by atoms with Gasteiger partial charge in [0.15, 0.2) is 0 Å². The van der Waals surface area contributed by atoms with E-state index in [2.05, 4.69) is 10.9 Å². The molecule has 0 unspecified atom stereocenters. The number of nitrogens with one attached hydrogen (secondary N) is 2. The number of hydrogen-bond acceptors (Lipinski definition) is 8. The van der Waals surface area contributed by atoms with Crippen molar-refractivity contribution in [3.05, 3.63) is 114 Å². The number of nitrogens with zero attached hydrogens (tertiary/aromatic N) is 3. The lowest BCUT2D eigenvalue weighted by atomic mass is 9.99. The van der Waals surface area contributed by atoms with Crippen LogP contribution < -0.4 is 10.9 Å². The molecule has 0 amide bonds. The molecule has 0 fully saturated rings. The van der Waals surface area contributed by atoms with E-state index in [1.807, 2.05) is 60.7 Å². The third kappa shape index (κ3) is 4.36. The SMILES string of the molecule is O=[N+]([O-])c1cc([N+](=O)[O-])c(NNC(c2ccccc2)c2ccccc2)c([N+](=O)[O-])c1. The molecule has 0 aliphatic rings. The topological polar surface area (TPSA) is 153 Å². The highest BCUT2D eigenvalue weighted by Crippen LogP contribution is 2.38. The van der Waals surface area contributed by atoms with Crippen LogP contribution in [0, 0.1) is 30.3 Å². The van der Waals surface area contributed by atoms with E-state index in [9.17, 15) is 30.3 Å². The third-order valence-corrected chi connectivity index (χ3v) is 4.29. The van der Waals surface area contributed by atoms with Crippen molar-refractivity contribution in [2.75, 3.05) is 5.43 Å². The Morgan fingerprint density at radius 3 is 1.47 bits per heavy atom. The minimum Gasteiger partial charge on any atom is -0.309 e. The zero-order valence-corrected chi connectivity index (χ0v) is 15.3. The summed E-state index contributed by atoms with van der Waals surface area (Å²) in [4.78, 5) is 31.2. The highest BCUT2D eigenvalue weighted by Gasteiger charge is 2.31. The second kappa shape index (κ2) is 8.75. The van der Waals surface area contributed by atoms with Gasteiger partial charge in [0.1, 0.15) is 0 Å². The summed E-state index contributed by atoms with van der Waals surface area (Å²) in [6, 6.07) is 19.0. The molecule has 0 bridgehead atoms. The van der Waals surface area contributed by atoms with Gasteiger partial charge in [0, 0.05) is 0 Å². The zero-order valence-electron chi connectivity index (χ0n) is 15.3. The van der Waals surface area contributed by atoms with Crippen LogP contribution in [0.15, 0.2) is 72.8 Å². The lowest BCUT2D eigenvalue weighted by molar-refractivity contribution is -0.401. The molecular weight excluding hydrogens is 394 g/mol. The van der Waals surface area contributed by atoms with E-state index < -0.39 is 43.6 Å². The second-order valence-corrected chi connectivity index (χ2v) is 6.15. The Balaban J connectivity index is 2.04. The monoisotopic (exact) mass is 409 g/mol. The fourth-order valence-corrected chi connectivity index (χ4v) is 2.91. The average molecular weight is 409 g/mol. The van der Waals surface area contributed by atoms with Crippen molar-refractivity contribution in [2.45, 2.75) is 6.04 Å². The summed E-state index contributed by atoms with van der Waals surface area (Å²) in [5.74, 6) is 0. The van der Waals surface area contributed by atoms with Gasteiger partial charge < -0.3 is 5.43 Å². The lowest BCUT2D eigenvalue weighted by Gasteiger charge is -2.21. The number of non-ortho nitro benzene ring substituents is 1. The van der Waals surface area contributed by atoms with Crippen molar-refractivity contribution in [1.82, 2.24) is 5.43 Å². The zero-order chi connectivity index (χ0) is 21.7. The Bertz CT molecular complexity index is 1020. The molecule has 152 valence electrons. The first-order chi connectivity index (χ1) is 14.4. The van der Waals surface area contributed by atoms with Crippen LogP contribution in [0.4, 0.5) is 22.7 Å². The maximum atomic E-state index is 11.4. The van der Waals surface area contributed by atoms with Crippen LogP contribution in [-0.4, -0.2) is 14.8 Å². The number of nitro groups is 3. The summed E-state index contributed by atoms with van der Waals surface area (Å²) >= 11 is 0. The highest BCUT2D eigenvalue weighted by molar-refractivity contribution is 5.76. The second-order valence-electron chi connectivity index (χ2n) is 6.15. The van der Waals surface area contributed by atoms with Gasteiger partial charge >= 0.3 is 11.4 Å². The molecule has 0 aliphatic carbocycles. The summed E-state index contributed by atoms with van der Waals surface area (Å²) in [6.45, 7) is 0. The van der Waals surface area contributed by atoms with Crippen molar-refractivity contribution >= 4 is 22.7 Å². The quantitative estimate of drug-likeness (QED) is 0.416. The Hall–Kier alpha value is -4.38. The molecular formula is C19H15N5O6. The fourth-order valence-electron chi connectivity index (χ4n) is 2.91. The molecule has 0 aliphatic heterocycles. The number of hydrogen-bond donors (Lipinski definition) is 2. The van der Waals surface area contributed by atoms with Crippen LogP contribution in [0.1, 0.15) is 17.2 Å². The maximum absolute atomic E-state index is 11.4. The Kier molecular flexibility index (Phi) is 5.94. The predicted molar refractivity (Wildman–Crippen MR) is 108 cm³/mol. The first-order valence-corrected chi connectivity index (χ1v) is 8.61. The van der Waals surface area contributed by atoms with E-state index in [0.717, 1.165) is 11.1 Å². The number of benzene rings is 3. The number of hydrazine groups is 1. The van der Waals surface area contributed by atoms with Gasteiger partial charge in [0.2, 0.25) is 5.69 Å². The lowest BCUT2D eigenvalue weighted by Crippen LogP contribution is -2.29. The molecule has 0 aromatic heterocycles. The van der Waals surface area contributed by atoms with Gasteiger partial charge in [-0.2, -0.15) is 0 Å². The van der Waals surface area contributed by atoms with E-state index in [0.29, 0.717) is 12.1 Å². The first kappa shape index (κ1) is 20.4. The minimum atomic E-state index is -0.923. The van der Waals surface area contributed by atoms with Gasteiger partial charge in [0.25, 0.3) is 5.69 Å². The molecule has 2 N–H and O–H groups in total. The van der Waals surface area contributed by atoms with E-state index in [1.54, 1.807) is 0 Å². The molecule has 3 rings (SSSR count). The molecule has 0 heterocycles. The molecule has 0 spiro atoms. The van der Waals surface area contributed by atoms with Crippen molar-refractivity contribution in [1.29, 1.82) is 0 Å². The van der Waals surface area contributed by atoms with Gasteiger partial charge in [-0.05, 0) is 11.1 Å². The molecule has 0 saturated carbocycles. The van der Waals surface area contributed by atoms with E-state index in [-0.39, 0.29) is 0 Å². The van der Waals surface area contributed by atoms with Crippen LogP contribution in [0.3, 0.4) is 0 Å². The number of nitro benzene ring substituents is 3. The number of rotatable bonds is 8. The Labute approximate surface area is 169 Å². The summed E-state index contributed by atoms with van der Waals surface area (Å²) in [5, 5.41) is 33.9. The van der Waals surface area contributed by atoms with Gasteiger partial charge in [-0.3, -0.25) is 30.3 Å². The van der Waals surface area contributed by atoms with Crippen LogP contribution in [-0.2, 0) is 0 Å². The first-order valence-electron chi connectivity index (χ1n) is 8.61. The summed E-state index contributed by atoms with van der Waals surface area (Å²) < 4.78 is 0. The normalized spacial score (nSPS) is 10.6. The molecule has 30 heavy (non-hydrogen) atoms. The van der Waals surface area contributed by atoms with E-state index >= 15 is 0 Å².